The average Bonchev–Trinajstić information content (AvgIpc) is 2.49. The van der Waals surface area contributed by atoms with Crippen molar-refractivity contribution in [3.8, 4) is 11.5 Å². The summed E-state index contributed by atoms with van der Waals surface area (Å²) in [5.41, 5.74) is 1.39. The molecule has 2 heterocycles. The normalized spacial score (nSPS) is 20.2. The van der Waals surface area contributed by atoms with Crippen molar-refractivity contribution in [2.24, 2.45) is 0 Å². The highest BCUT2D eigenvalue weighted by Crippen LogP contribution is 2.39. The Hall–Kier alpha value is -1.22. The fraction of sp³-hybridized carbons (Fsp3) is 0.647. The predicted octanol–water partition coefficient (Wildman–Crippen LogP) is 3.31. The number of benzene rings is 1. The fourth-order valence-electron chi connectivity index (χ4n) is 3.16. The number of ether oxygens (including phenoxy) is 2. The fourth-order valence-corrected chi connectivity index (χ4v) is 3.16. The molecule has 2 aliphatic heterocycles. The Balaban J connectivity index is 1.68. The molecule has 0 saturated carbocycles. The first-order chi connectivity index (χ1) is 9.81. The van der Waals surface area contributed by atoms with Gasteiger partial charge in [-0.3, -0.25) is 0 Å². The number of unbranched alkanes of at least 4 members (excludes halogenated alkanes) is 1. The third kappa shape index (κ3) is 2.93. The van der Waals surface area contributed by atoms with Crippen LogP contribution in [0.5, 0.6) is 11.5 Å². The third-order valence-corrected chi connectivity index (χ3v) is 4.49. The SMILES string of the molecule is CCCCOc1ccc2c(c1)CCC1(CCNCC1)O2. The van der Waals surface area contributed by atoms with Gasteiger partial charge in [0.2, 0.25) is 0 Å². The largest absolute Gasteiger partial charge is 0.494 e. The van der Waals surface area contributed by atoms with Crippen LogP contribution in [0.15, 0.2) is 18.2 Å². The van der Waals surface area contributed by atoms with Crippen LogP contribution in [0.25, 0.3) is 0 Å². The van der Waals surface area contributed by atoms with Crippen LogP contribution in [0, 0.1) is 0 Å². The molecule has 3 rings (SSSR count). The summed E-state index contributed by atoms with van der Waals surface area (Å²) in [6, 6.07) is 6.31. The molecule has 2 aliphatic rings. The van der Waals surface area contributed by atoms with E-state index < -0.39 is 0 Å². The zero-order valence-corrected chi connectivity index (χ0v) is 12.4. The van der Waals surface area contributed by atoms with Crippen molar-refractivity contribution in [1.82, 2.24) is 5.32 Å². The van der Waals surface area contributed by atoms with Crippen LogP contribution in [0.3, 0.4) is 0 Å². The molecule has 0 unspecified atom stereocenters. The van der Waals surface area contributed by atoms with Crippen molar-refractivity contribution in [3.63, 3.8) is 0 Å². The van der Waals surface area contributed by atoms with E-state index in [1.807, 2.05) is 0 Å². The molecule has 1 saturated heterocycles. The van der Waals surface area contributed by atoms with Crippen molar-refractivity contribution in [2.75, 3.05) is 19.7 Å². The molecule has 3 heteroatoms. The van der Waals surface area contributed by atoms with Crippen LogP contribution in [0.2, 0.25) is 0 Å². The zero-order chi connectivity index (χ0) is 13.8. The quantitative estimate of drug-likeness (QED) is 0.855. The van der Waals surface area contributed by atoms with Gasteiger partial charge in [0, 0.05) is 0 Å². The molecule has 0 radical (unpaired) electrons. The lowest BCUT2D eigenvalue weighted by Crippen LogP contribution is -2.48. The van der Waals surface area contributed by atoms with E-state index >= 15 is 0 Å². The van der Waals surface area contributed by atoms with Gasteiger partial charge >= 0.3 is 0 Å². The minimum absolute atomic E-state index is 0.0861. The van der Waals surface area contributed by atoms with Gasteiger partial charge in [-0.05, 0) is 69.0 Å². The minimum atomic E-state index is 0.0861. The topological polar surface area (TPSA) is 30.5 Å². The van der Waals surface area contributed by atoms with Gasteiger partial charge in [0.25, 0.3) is 0 Å². The van der Waals surface area contributed by atoms with E-state index in [4.69, 9.17) is 9.47 Å². The Labute approximate surface area is 121 Å². The van der Waals surface area contributed by atoms with Gasteiger partial charge < -0.3 is 14.8 Å². The summed E-state index contributed by atoms with van der Waals surface area (Å²) in [7, 11) is 0. The van der Waals surface area contributed by atoms with Crippen LogP contribution in [-0.4, -0.2) is 25.3 Å². The molecule has 3 nitrogen and oxygen atoms in total. The first kappa shape index (κ1) is 13.7. The predicted molar refractivity (Wildman–Crippen MR) is 80.6 cm³/mol. The van der Waals surface area contributed by atoms with E-state index in [2.05, 4.69) is 30.4 Å². The molecular weight excluding hydrogens is 250 g/mol. The highest BCUT2D eigenvalue weighted by atomic mass is 16.5. The Kier molecular flexibility index (Phi) is 4.16. The van der Waals surface area contributed by atoms with E-state index in [0.717, 1.165) is 63.3 Å². The smallest absolute Gasteiger partial charge is 0.123 e. The zero-order valence-electron chi connectivity index (χ0n) is 12.4. The van der Waals surface area contributed by atoms with E-state index in [0.29, 0.717) is 0 Å². The monoisotopic (exact) mass is 275 g/mol. The summed E-state index contributed by atoms with van der Waals surface area (Å²) in [5.74, 6) is 2.06. The molecule has 1 spiro atoms. The summed E-state index contributed by atoms with van der Waals surface area (Å²) in [5, 5.41) is 3.42. The van der Waals surface area contributed by atoms with Gasteiger partial charge in [0.05, 0.1) is 6.61 Å². The molecule has 20 heavy (non-hydrogen) atoms. The maximum atomic E-state index is 6.35. The molecule has 0 bridgehead atoms. The van der Waals surface area contributed by atoms with E-state index in [-0.39, 0.29) is 5.60 Å². The van der Waals surface area contributed by atoms with Crippen LogP contribution in [0.4, 0.5) is 0 Å². The second-order valence-corrected chi connectivity index (χ2v) is 6.01. The minimum Gasteiger partial charge on any atom is -0.494 e. The molecule has 1 aromatic rings. The third-order valence-electron chi connectivity index (χ3n) is 4.49. The lowest BCUT2D eigenvalue weighted by Gasteiger charge is -2.41. The van der Waals surface area contributed by atoms with Gasteiger partial charge in [-0.15, -0.1) is 0 Å². The van der Waals surface area contributed by atoms with E-state index in [1.54, 1.807) is 0 Å². The standard InChI is InChI=1S/C17H25NO2/c1-2-3-12-19-15-4-5-16-14(13-15)6-7-17(20-16)8-10-18-11-9-17/h4-5,13,18H,2-3,6-12H2,1H3. The molecule has 1 fully saturated rings. The first-order valence-electron chi connectivity index (χ1n) is 7.97. The number of piperidine rings is 1. The van der Waals surface area contributed by atoms with Crippen molar-refractivity contribution < 1.29 is 9.47 Å². The first-order valence-corrected chi connectivity index (χ1v) is 7.97. The molecule has 0 aromatic heterocycles. The summed E-state index contributed by atoms with van der Waals surface area (Å²) in [4.78, 5) is 0. The van der Waals surface area contributed by atoms with Crippen LogP contribution in [-0.2, 0) is 6.42 Å². The second kappa shape index (κ2) is 6.04. The highest BCUT2D eigenvalue weighted by molar-refractivity contribution is 5.42. The summed E-state index contributed by atoms with van der Waals surface area (Å²) >= 11 is 0. The van der Waals surface area contributed by atoms with Gasteiger partial charge in [0.15, 0.2) is 0 Å². The Bertz CT molecular complexity index is 452. The Morgan fingerprint density at radius 1 is 1.25 bits per heavy atom. The summed E-state index contributed by atoms with van der Waals surface area (Å²) in [6.45, 7) is 5.15. The number of hydrogen-bond donors (Lipinski definition) is 1. The Morgan fingerprint density at radius 3 is 2.90 bits per heavy atom. The maximum absolute atomic E-state index is 6.35. The van der Waals surface area contributed by atoms with Gasteiger partial charge in [-0.2, -0.15) is 0 Å². The molecule has 0 atom stereocenters. The number of fused-ring (bicyclic) bond motifs is 1. The maximum Gasteiger partial charge on any atom is 0.123 e. The lowest BCUT2D eigenvalue weighted by molar-refractivity contribution is 0.0169. The highest BCUT2D eigenvalue weighted by Gasteiger charge is 2.37. The second-order valence-electron chi connectivity index (χ2n) is 6.01. The number of rotatable bonds is 4. The molecule has 1 N–H and O–H groups in total. The van der Waals surface area contributed by atoms with Gasteiger partial charge in [-0.1, -0.05) is 13.3 Å². The average molecular weight is 275 g/mol. The van der Waals surface area contributed by atoms with E-state index in [9.17, 15) is 0 Å². The molecule has 110 valence electrons. The van der Waals surface area contributed by atoms with Crippen molar-refractivity contribution >= 4 is 0 Å². The van der Waals surface area contributed by atoms with Crippen LogP contribution >= 0.6 is 0 Å². The molecular formula is C17H25NO2. The number of aryl methyl sites for hydroxylation is 1. The molecule has 0 aliphatic carbocycles. The van der Waals surface area contributed by atoms with Gasteiger partial charge in [0.1, 0.15) is 17.1 Å². The van der Waals surface area contributed by atoms with Gasteiger partial charge in [-0.25, -0.2) is 0 Å². The van der Waals surface area contributed by atoms with Crippen molar-refractivity contribution in [3.05, 3.63) is 23.8 Å². The number of hydrogen-bond acceptors (Lipinski definition) is 3. The van der Waals surface area contributed by atoms with Crippen molar-refractivity contribution in [1.29, 1.82) is 0 Å². The summed E-state index contributed by atoms with van der Waals surface area (Å²) < 4.78 is 12.1. The summed E-state index contributed by atoms with van der Waals surface area (Å²) in [6.07, 6.45) is 6.79. The van der Waals surface area contributed by atoms with Crippen molar-refractivity contribution in [2.45, 2.75) is 51.0 Å². The van der Waals surface area contributed by atoms with Crippen LogP contribution < -0.4 is 14.8 Å². The molecule has 0 amide bonds. The molecule has 1 aromatic carbocycles. The van der Waals surface area contributed by atoms with Crippen LogP contribution in [0.1, 0.15) is 44.6 Å². The Morgan fingerprint density at radius 2 is 2.10 bits per heavy atom. The number of nitrogens with one attached hydrogen (secondary N) is 1. The lowest BCUT2D eigenvalue weighted by atomic mass is 9.84. The van der Waals surface area contributed by atoms with E-state index in [1.165, 1.54) is 12.0 Å².